The number of hydrogen-bond acceptors (Lipinski definition) is 30. The molecule has 3 saturated carbocycles. The minimum atomic E-state index is -4.88. The van der Waals surface area contributed by atoms with Crippen molar-refractivity contribution in [3.05, 3.63) is 23.3 Å². The molecule has 32 heteroatoms. The van der Waals surface area contributed by atoms with Crippen LogP contribution in [0, 0.1) is 40.4 Å². The van der Waals surface area contributed by atoms with Gasteiger partial charge in [0.05, 0.1) is 50.3 Å². The van der Waals surface area contributed by atoms with Crippen molar-refractivity contribution in [1.82, 2.24) is 0 Å². The number of carbonyl (C=O) groups excluding carboxylic acids is 1. The van der Waals surface area contributed by atoms with Crippen LogP contribution >= 0.6 is 0 Å². The highest BCUT2D eigenvalue weighted by Gasteiger charge is 2.63. The highest BCUT2D eigenvalue weighted by molar-refractivity contribution is 7.80. The Hall–Kier alpha value is -2.02. The fourth-order valence-corrected chi connectivity index (χ4v) is 17.1. The lowest BCUT2D eigenvalue weighted by molar-refractivity contribution is -0.400. The first-order valence-electron chi connectivity index (χ1n) is 32.5. The molecule has 0 aromatic rings. The summed E-state index contributed by atoms with van der Waals surface area (Å²) in [6, 6.07) is 0. The number of allylic oxidation sites excluding steroid dienone is 4. The number of rotatable bonds is 20. The maximum Gasteiger partial charge on any atom is 0.397 e. The van der Waals surface area contributed by atoms with Gasteiger partial charge in [0.15, 0.2) is 43.5 Å². The molecule has 36 atom stereocenters. The molecule has 6 aliphatic heterocycles. The number of aliphatic hydroxyl groups is 14. The lowest BCUT2D eigenvalue weighted by atomic mass is 9.48. The van der Waals surface area contributed by atoms with E-state index in [0.717, 1.165) is 24.8 Å². The summed E-state index contributed by atoms with van der Waals surface area (Å²) in [5.74, 6) is -0.0854. The Morgan fingerprint density at radius 1 is 0.581 bits per heavy atom. The van der Waals surface area contributed by atoms with Crippen LogP contribution in [0.5, 0.6) is 0 Å². The van der Waals surface area contributed by atoms with Crippen LogP contribution in [0.3, 0.4) is 0 Å². The highest BCUT2D eigenvalue weighted by Crippen LogP contribution is 2.67. The van der Waals surface area contributed by atoms with Gasteiger partial charge in [-0.25, -0.2) is 4.18 Å². The highest BCUT2D eigenvalue weighted by atomic mass is 32.3. The van der Waals surface area contributed by atoms with Crippen LogP contribution in [0.15, 0.2) is 23.3 Å². The molecule has 534 valence electrons. The van der Waals surface area contributed by atoms with E-state index in [1.165, 1.54) is 26.3 Å². The van der Waals surface area contributed by atoms with Gasteiger partial charge in [-0.15, -0.1) is 0 Å². The normalized spacial score (nSPS) is 51.4. The summed E-state index contributed by atoms with van der Waals surface area (Å²) in [6.07, 6.45) is -42.1. The summed E-state index contributed by atoms with van der Waals surface area (Å²) in [5.41, 5.74) is 1.35. The summed E-state index contributed by atoms with van der Waals surface area (Å²) < 4.78 is 112. The zero-order valence-corrected chi connectivity index (χ0v) is 54.1. The molecule has 15 N–H and O–H groups in total. The molecule has 9 fully saturated rings. The van der Waals surface area contributed by atoms with Gasteiger partial charge in [-0.3, -0.25) is 9.35 Å². The van der Waals surface area contributed by atoms with Crippen molar-refractivity contribution in [2.45, 2.75) is 291 Å². The standard InChI is InChI=1S/C61H98O31S/c1-22(2)15-27(64)16-23(3)30-9-10-31-29-18-34(33-17-28(92-93(77,78)79)11-13-61(33,8)32(29)12-14-60(30,31)7)84-56-48(75)51(40(67)25(5)82-56)89-58-52(90-54-47(74)44(71)38(65)24(4)81-54)43(70)37(21-80-58)87-59-53(45(72)41(68)35(19-62)86-59)91-57-49(76)50(39(66)26(6)83-57)88-55-46(73)42(69)36(20-63)85-55/h12,16,22,24-26,28-31,33-59,62-63,65-76H,9-11,13-15,17-21H2,1-8H3,(H,77,78,79)/b23-16+/t24-,25-,26-,28+,29+,30-,31+,33-,34+,35-,36+,37-,38-,39+,40-,41+,42+,43+,44+,45+,46-,47-,48-,49-,50+,51+,52-,53-,54+,55+,56+,57+,58+,59+,60-,61-/m1/s1. The van der Waals surface area contributed by atoms with Gasteiger partial charge in [-0.1, -0.05) is 44.9 Å². The van der Waals surface area contributed by atoms with Crippen LogP contribution in [0.2, 0.25) is 0 Å². The van der Waals surface area contributed by atoms with Crippen LogP contribution in [0.25, 0.3) is 0 Å². The number of aliphatic hydroxyl groups excluding tert-OH is 14. The molecule has 0 amide bonds. The van der Waals surface area contributed by atoms with E-state index in [9.17, 15) is 89.3 Å². The topological polar surface area (TPSA) is 475 Å². The van der Waals surface area contributed by atoms with E-state index < -0.39 is 226 Å². The molecule has 0 radical (unpaired) electrons. The summed E-state index contributed by atoms with van der Waals surface area (Å²) in [4.78, 5) is 13.1. The first-order chi connectivity index (χ1) is 43.7. The number of ether oxygens (including phenoxy) is 12. The Labute approximate surface area is 539 Å². The summed E-state index contributed by atoms with van der Waals surface area (Å²) >= 11 is 0. The molecule has 10 aliphatic rings. The second-order valence-corrected chi connectivity index (χ2v) is 29.3. The van der Waals surface area contributed by atoms with Crippen molar-refractivity contribution >= 4 is 16.2 Å². The molecule has 93 heavy (non-hydrogen) atoms. The van der Waals surface area contributed by atoms with Crippen LogP contribution in [0.1, 0.15) is 107 Å². The van der Waals surface area contributed by atoms with Gasteiger partial charge in [-0.2, -0.15) is 8.42 Å². The van der Waals surface area contributed by atoms with Gasteiger partial charge in [0.25, 0.3) is 0 Å². The molecule has 0 aromatic carbocycles. The van der Waals surface area contributed by atoms with Crippen LogP contribution in [-0.2, 0) is 76.2 Å². The van der Waals surface area contributed by atoms with E-state index >= 15 is 0 Å². The predicted molar refractivity (Wildman–Crippen MR) is 311 cm³/mol. The van der Waals surface area contributed by atoms with Crippen LogP contribution in [0.4, 0.5) is 0 Å². The first-order valence-corrected chi connectivity index (χ1v) is 33.8. The molecule has 0 bridgehead atoms. The molecule has 4 aliphatic carbocycles. The van der Waals surface area contributed by atoms with Gasteiger partial charge in [0.1, 0.15) is 116 Å². The number of carbonyl (C=O) groups is 1. The van der Waals surface area contributed by atoms with Crippen molar-refractivity contribution in [1.29, 1.82) is 0 Å². The first kappa shape index (κ1) is 73.7. The van der Waals surface area contributed by atoms with Gasteiger partial charge in [-0.05, 0) is 119 Å². The van der Waals surface area contributed by atoms with Gasteiger partial charge >= 0.3 is 10.4 Å². The van der Waals surface area contributed by atoms with E-state index in [2.05, 4.69) is 19.9 Å². The Balaban J connectivity index is 0.904. The van der Waals surface area contributed by atoms with Crippen LogP contribution in [-0.4, -0.2) is 294 Å². The van der Waals surface area contributed by atoms with Gasteiger partial charge < -0.3 is 128 Å². The average Bonchev–Trinajstić information content (AvgIpc) is 1.70. The molecular weight excluding hydrogens is 1260 g/mol. The summed E-state index contributed by atoms with van der Waals surface area (Å²) in [7, 11) is -4.88. The Kier molecular flexibility index (Phi) is 23.2. The van der Waals surface area contributed by atoms with E-state index in [1.807, 2.05) is 20.8 Å². The summed E-state index contributed by atoms with van der Waals surface area (Å²) in [5, 5.41) is 156. The van der Waals surface area contributed by atoms with E-state index in [1.54, 1.807) is 6.08 Å². The number of fused-ring (bicyclic) bond motifs is 5. The summed E-state index contributed by atoms with van der Waals surface area (Å²) in [6.45, 7) is 12.2. The van der Waals surface area contributed by atoms with Crippen molar-refractivity contribution in [3.63, 3.8) is 0 Å². The molecule has 0 unspecified atom stereocenters. The molecule has 0 aromatic heterocycles. The molecule has 31 nitrogen and oxygen atoms in total. The van der Waals surface area contributed by atoms with E-state index in [-0.39, 0.29) is 47.7 Å². The monoisotopic (exact) mass is 1360 g/mol. The fraction of sp³-hybridized carbons (Fsp3) is 0.918. The minimum Gasteiger partial charge on any atom is -0.394 e. The second kappa shape index (κ2) is 29.3. The fourth-order valence-electron chi connectivity index (χ4n) is 16.5. The smallest absolute Gasteiger partial charge is 0.394 e. The lowest BCUT2D eigenvalue weighted by Gasteiger charge is -2.59. The van der Waals surface area contributed by atoms with Gasteiger partial charge in [0.2, 0.25) is 0 Å². The predicted octanol–water partition coefficient (Wildman–Crippen LogP) is -3.41. The second-order valence-electron chi connectivity index (χ2n) is 28.3. The van der Waals surface area contributed by atoms with Gasteiger partial charge in [0, 0.05) is 6.42 Å². The molecule has 0 spiro atoms. The van der Waals surface area contributed by atoms with Crippen molar-refractivity contribution < 1.29 is 150 Å². The Morgan fingerprint density at radius 3 is 1.68 bits per heavy atom. The maximum absolute atomic E-state index is 13.1. The van der Waals surface area contributed by atoms with Crippen molar-refractivity contribution in [2.24, 2.45) is 40.4 Å². The Morgan fingerprint density at radius 2 is 1.09 bits per heavy atom. The zero-order chi connectivity index (χ0) is 67.8. The average molecular weight is 1360 g/mol. The van der Waals surface area contributed by atoms with Crippen molar-refractivity contribution in [2.75, 3.05) is 19.8 Å². The maximum atomic E-state index is 13.1. The minimum absolute atomic E-state index is 0.0720. The molecular formula is C61H98O31S. The largest absolute Gasteiger partial charge is 0.397 e. The molecule has 6 heterocycles. The van der Waals surface area contributed by atoms with Crippen molar-refractivity contribution in [3.8, 4) is 0 Å². The number of ketones is 1. The third-order valence-corrected chi connectivity index (χ3v) is 22.2. The molecule has 6 saturated heterocycles. The van der Waals surface area contributed by atoms with Crippen LogP contribution < -0.4 is 0 Å². The quantitative estimate of drug-likeness (QED) is 0.0321. The third kappa shape index (κ3) is 14.8. The zero-order valence-electron chi connectivity index (χ0n) is 53.3. The van der Waals surface area contributed by atoms with E-state index in [4.69, 9.17) is 61.0 Å². The third-order valence-electron chi connectivity index (χ3n) is 21.7. The van der Waals surface area contributed by atoms with E-state index in [0.29, 0.717) is 19.3 Å². The number of hydrogen-bond donors (Lipinski definition) is 15. The SMILES string of the molecule is C/C(=C\C(=O)CC(C)C)[C@H]1CC[C@H]2[C@@H]3C[C@H](O[C@@H]4O[C@H](C)[C@@H](O)[C@H](O[C@@H]5OC[C@@H](O[C@@H]6O[C@H](CO)[C@H](O)[C@H](O)[C@H]6O[C@@H]6O[C@H](C)[C@H](O)[C@H](O[C@@H]7O[C@@H](CO)[C@H](O)[C@H]7O)[C@H]6O)[C@H](O)[C@H]5O[C@@H]5O[C@H](C)[C@@H](O)[C@H](O)[C@H]5O)[C@H]4O)[C@H]4C[C@@H](OS(=O)(=O)O)CC[C@]4(C)C3=CC[C@]12C. The Bertz CT molecular complexity index is 2710. The lowest BCUT2D eigenvalue weighted by Crippen LogP contribution is -2.67. The molecule has 10 rings (SSSR count).